The molecule has 2 amide bonds. The fraction of sp³-hybridized carbons (Fsp3) is 0.286. The summed E-state index contributed by atoms with van der Waals surface area (Å²) in [6, 6.07) is 10.8. The standard InChI is InChI=1S/C21H21N3O8/c1-30-15-5-3-4-14(9-15)23-11-13(8-20(23)26)21(27)32-12-19(25)22-17-7-6-16(31-2)10-18(17)24(28)29/h3-7,9-10,13H,8,11-12H2,1-2H3,(H,22,25). The van der Waals surface area contributed by atoms with Gasteiger partial charge in [-0.1, -0.05) is 6.07 Å². The van der Waals surface area contributed by atoms with Gasteiger partial charge in [0.05, 0.1) is 31.1 Å². The molecule has 1 aliphatic rings. The van der Waals surface area contributed by atoms with Crippen molar-refractivity contribution in [3.63, 3.8) is 0 Å². The summed E-state index contributed by atoms with van der Waals surface area (Å²) in [6.07, 6.45) is -0.0540. The number of methoxy groups -OCH3 is 2. The van der Waals surface area contributed by atoms with Gasteiger partial charge in [-0.05, 0) is 24.3 Å². The summed E-state index contributed by atoms with van der Waals surface area (Å²) in [5, 5.41) is 13.5. The zero-order valence-corrected chi connectivity index (χ0v) is 17.4. The number of benzene rings is 2. The third-order valence-corrected chi connectivity index (χ3v) is 4.84. The van der Waals surface area contributed by atoms with Gasteiger partial charge in [-0.2, -0.15) is 0 Å². The van der Waals surface area contributed by atoms with Crippen LogP contribution in [0.3, 0.4) is 0 Å². The highest BCUT2D eigenvalue weighted by atomic mass is 16.6. The molecular weight excluding hydrogens is 422 g/mol. The van der Waals surface area contributed by atoms with E-state index in [1.165, 1.54) is 37.3 Å². The molecule has 0 spiro atoms. The number of nitro benzene ring substituents is 1. The van der Waals surface area contributed by atoms with E-state index in [-0.39, 0.29) is 36.0 Å². The maximum atomic E-state index is 12.4. The molecule has 11 nitrogen and oxygen atoms in total. The van der Waals surface area contributed by atoms with Gasteiger partial charge in [0.15, 0.2) is 6.61 Å². The van der Waals surface area contributed by atoms with Crippen LogP contribution < -0.4 is 19.7 Å². The summed E-state index contributed by atoms with van der Waals surface area (Å²) in [7, 11) is 2.87. The highest BCUT2D eigenvalue weighted by molar-refractivity contribution is 6.00. The number of carbonyl (C=O) groups is 3. The Bertz CT molecular complexity index is 1060. The van der Waals surface area contributed by atoms with Crippen molar-refractivity contribution in [3.05, 3.63) is 52.6 Å². The van der Waals surface area contributed by atoms with Crippen LogP contribution in [-0.2, 0) is 19.1 Å². The van der Waals surface area contributed by atoms with E-state index in [4.69, 9.17) is 14.2 Å². The molecule has 0 aliphatic carbocycles. The van der Waals surface area contributed by atoms with Gasteiger partial charge < -0.3 is 24.4 Å². The Balaban J connectivity index is 1.57. The minimum atomic E-state index is -0.749. The summed E-state index contributed by atoms with van der Waals surface area (Å²) >= 11 is 0. The first-order valence-electron chi connectivity index (χ1n) is 9.55. The van der Waals surface area contributed by atoms with E-state index < -0.39 is 29.3 Å². The predicted molar refractivity (Wildman–Crippen MR) is 113 cm³/mol. The molecule has 1 fully saturated rings. The van der Waals surface area contributed by atoms with Gasteiger partial charge in [0, 0.05) is 24.7 Å². The zero-order valence-electron chi connectivity index (χ0n) is 17.4. The largest absolute Gasteiger partial charge is 0.497 e. The number of anilines is 2. The van der Waals surface area contributed by atoms with Crippen molar-refractivity contribution in [2.24, 2.45) is 5.92 Å². The van der Waals surface area contributed by atoms with Crippen molar-refractivity contribution in [1.82, 2.24) is 0 Å². The molecule has 0 saturated carbocycles. The SMILES string of the molecule is COc1cccc(N2CC(C(=O)OCC(=O)Nc3ccc(OC)cc3[N+](=O)[O-])CC2=O)c1. The van der Waals surface area contributed by atoms with Gasteiger partial charge in [-0.25, -0.2) is 0 Å². The number of carbonyl (C=O) groups excluding carboxylic acids is 3. The van der Waals surface area contributed by atoms with Gasteiger partial charge >= 0.3 is 5.97 Å². The number of hydrogen-bond donors (Lipinski definition) is 1. The van der Waals surface area contributed by atoms with Crippen LogP contribution >= 0.6 is 0 Å². The normalized spacial score (nSPS) is 15.2. The number of rotatable bonds is 8. The number of ether oxygens (including phenoxy) is 3. The summed E-state index contributed by atoms with van der Waals surface area (Å²) < 4.78 is 15.1. The first kappa shape index (κ1) is 22.5. The Morgan fingerprint density at radius 1 is 1.16 bits per heavy atom. The molecule has 2 aromatic carbocycles. The quantitative estimate of drug-likeness (QED) is 0.372. The van der Waals surface area contributed by atoms with Gasteiger partial charge in [0.25, 0.3) is 11.6 Å². The molecule has 1 atom stereocenters. The van der Waals surface area contributed by atoms with E-state index in [1.54, 1.807) is 24.3 Å². The summed E-state index contributed by atoms with van der Waals surface area (Å²) in [5.74, 6) is -1.61. The molecular formula is C21H21N3O8. The smallest absolute Gasteiger partial charge is 0.311 e. The summed E-state index contributed by atoms with van der Waals surface area (Å²) in [6.45, 7) is -0.539. The van der Waals surface area contributed by atoms with Crippen LogP contribution in [0, 0.1) is 16.0 Å². The van der Waals surface area contributed by atoms with E-state index in [2.05, 4.69) is 5.32 Å². The fourth-order valence-electron chi connectivity index (χ4n) is 3.23. The van der Waals surface area contributed by atoms with Crippen LogP contribution in [0.4, 0.5) is 17.1 Å². The minimum absolute atomic E-state index is 0.0540. The maximum Gasteiger partial charge on any atom is 0.311 e. The predicted octanol–water partition coefficient (Wildman–Crippen LogP) is 2.15. The second-order valence-corrected chi connectivity index (χ2v) is 6.90. The zero-order chi connectivity index (χ0) is 23.3. The van der Waals surface area contributed by atoms with Crippen molar-refractivity contribution in [2.75, 3.05) is 37.6 Å². The van der Waals surface area contributed by atoms with Crippen LogP contribution in [0.25, 0.3) is 0 Å². The number of amides is 2. The van der Waals surface area contributed by atoms with Crippen LogP contribution in [0.5, 0.6) is 11.5 Å². The van der Waals surface area contributed by atoms with Gasteiger partial charge in [0.1, 0.15) is 17.2 Å². The van der Waals surface area contributed by atoms with E-state index >= 15 is 0 Å². The van der Waals surface area contributed by atoms with Crippen LogP contribution in [0.15, 0.2) is 42.5 Å². The molecule has 1 aliphatic heterocycles. The molecule has 1 heterocycles. The maximum absolute atomic E-state index is 12.4. The molecule has 32 heavy (non-hydrogen) atoms. The minimum Gasteiger partial charge on any atom is -0.497 e. The van der Waals surface area contributed by atoms with E-state index in [9.17, 15) is 24.5 Å². The van der Waals surface area contributed by atoms with E-state index in [0.29, 0.717) is 11.4 Å². The fourth-order valence-corrected chi connectivity index (χ4v) is 3.23. The van der Waals surface area contributed by atoms with Crippen LogP contribution in [0.1, 0.15) is 6.42 Å². The number of nitrogens with zero attached hydrogens (tertiary/aromatic N) is 2. The Labute approximate surface area is 183 Å². The number of nitro groups is 1. The van der Waals surface area contributed by atoms with Crippen molar-refractivity contribution in [1.29, 1.82) is 0 Å². The third kappa shape index (κ3) is 5.12. The van der Waals surface area contributed by atoms with Crippen molar-refractivity contribution in [3.8, 4) is 11.5 Å². The second kappa shape index (κ2) is 9.77. The molecule has 1 unspecified atom stereocenters. The number of esters is 1. The van der Waals surface area contributed by atoms with Gasteiger partial charge in [0.2, 0.25) is 5.91 Å². The lowest BCUT2D eigenvalue weighted by atomic mass is 10.1. The second-order valence-electron chi connectivity index (χ2n) is 6.90. The highest BCUT2D eigenvalue weighted by Gasteiger charge is 2.36. The lowest BCUT2D eigenvalue weighted by molar-refractivity contribution is -0.384. The molecule has 3 rings (SSSR count). The van der Waals surface area contributed by atoms with Crippen molar-refractivity contribution >= 4 is 34.8 Å². The lowest BCUT2D eigenvalue weighted by Gasteiger charge is -2.17. The third-order valence-electron chi connectivity index (χ3n) is 4.84. The van der Waals surface area contributed by atoms with E-state index in [0.717, 1.165) is 0 Å². The van der Waals surface area contributed by atoms with Crippen molar-refractivity contribution in [2.45, 2.75) is 6.42 Å². The Morgan fingerprint density at radius 2 is 1.88 bits per heavy atom. The monoisotopic (exact) mass is 443 g/mol. The molecule has 11 heteroatoms. The molecule has 0 aromatic heterocycles. The Hall–Kier alpha value is -4.15. The molecule has 1 saturated heterocycles. The lowest BCUT2D eigenvalue weighted by Crippen LogP contribution is -2.28. The average Bonchev–Trinajstić information content (AvgIpc) is 3.19. The average molecular weight is 443 g/mol. The molecule has 2 aromatic rings. The van der Waals surface area contributed by atoms with Crippen molar-refractivity contribution < 1.29 is 33.5 Å². The van der Waals surface area contributed by atoms with Gasteiger partial charge in [-0.15, -0.1) is 0 Å². The molecule has 0 radical (unpaired) electrons. The topological polar surface area (TPSA) is 137 Å². The number of nitrogens with one attached hydrogen (secondary N) is 1. The molecule has 168 valence electrons. The summed E-state index contributed by atoms with van der Waals surface area (Å²) in [4.78, 5) is 48.9. The molecule has 0 bridgehead atoms. The van der Waals surface area contributed by atoms with Crippen LogP contribution in [0.2, 0.25) is 0 Å². The Kier molecular flexibility index (Phi) is 6.88. The highest BCUT2D eigenvalue weighted by Crippen LogP contribution is 2.30. The Morgan fingerprint density at radius 3 is 2.56 bits per heavy atom. The number of hydrogen-bond acceptors (Lipinski definition) is 8. The molecule has 1 N–H and O–H groups in total. The first-order chi connectivity index (χ1) is 15.3. The van der Waals surface area contributed by atoms with E-state index in [1.807, 2.05) is 0 Å². The first-order valence-corrected chi connectivity index (χ1v) is 9.55. The van der Waals surface area contributed by atoms with Crippen LogP contribution in [-0.4, -0.2) is 50.1 Å². The summed E-state index contributed by atoms with van der Waals surface area (Å²) in [5.41, 5.74) is 0.172. The van der Waals surface area contributed by atoms with Gasteiger partial charge in [-0.3, -0.25) is 24.5 Å².